The number of ether oxygens (including phenoxy) is 2. The highest BCUT2D eigenvalue weighted by molar-refractivity contribution is 6.33. The number of hydrogen-bond acceptors (Lipinski definition) is 5. The van der Waals surface area contributed by atoms with Crippen LogP contribution in [0.2, 0.25) is 5.02 Å². The number of benzene rings is 1. The Kier molecular flexibility index (Phi) is 2.20. The third-order valence-electron chi connectivity index (χ3n) is 3.52. The zero-order valence-electron chi connectivity index (χ0n) is 10.0. The van der Waals surface area contributed by atoms with Crippen molar-refractivity contribution < 1.29 is 14.0 Å². The number of nitrogen functional groups attached to an aromatic ring is 1. The average molecular weight is 279 g/mol. The van der Waals surface area contributed by atoms with Gasteiger partial charge in [-0.1, -0.05) is 16.8 Å². The summed E-state index contributed by atoms with van der Waals surface area (Å²) in [5, 5.41) is 4.66. The predicted molar refractivity (Wildman–Crippen MR) is 69.8 cm³/mol. The van der Waals surface area contributed by atoms with Crippen LogP contribution in [0, 0.1) is 0 Å². The standard InChI is InChI=1S/C13H11ClN2O3/c14-11-7-2-4-17-12(7)10(6-1-3-18-13(6)11)8-5-9(15)19-16-8/h5H,1-4,15H2. The first-order valence-corrected chi connectivity index (χ1v) is 6.49. The first-order chi connectivity index (χ1) is 9.25. The molecular formula is C13H11ClN2O3. The lowest BCUT2D eigenvalue weighted by Gasteiger charge is -2.12. The number of aromatic nitrogens is 1. The van der Waals surface area contributed by atoms with Crippen LogP contribution in [-0.4, -0.2) is 18.4 Å². The van der Waals surface area contributed by atoms with Gasteiger partial charge in [-0.05, 0) is 0 Å². The fraction of sp³-hybridized carbons (Fsp3) is 0.308. The number of hydrogen-bond donors (Lipinski definition) is 1. The van der Waals surface area contributed by atoms with Crippen LogP contribution >= 0.6 is 11.6 Å². The minimum Gasteiger partial charge on any atom is -0.492 e. The molecule has 2 aromatic rings. The van der Waals surface area contributed by atoms with Crippen molar-refractivity contribution in [3.8, 4) is 22.8 Å². The van der Waals surface area contributed by atoms with Gasteiger partial charge < -0.3 is 19.7 Å². The van der Waals surface area contributed by atoms with Crippen molar-refractivity contribution in [2.45, 2.75) is 12.8 Å². The molecule has 0 unspecified atom stereocenters. The van der Waals surface area contributed by atoms with Gasteiger partial charge in [-0.2, -0.15) is 0 Å². The van der Waals surface area contributed by atoms with Gasteiger partial charge in [0.05, 0.1) is 23.8 Å². The van der Waals surface area contributed by atoms with Crippen molar-refractivity contribution in [3.63, 3.8) is 0 Å². The molecule has 1 aromatic heterocycles. The van der Waals surface area contributed by atoms with Gasteiger partial charge in [0.25, 0.3) is 0 Å². The molecule has 6 heteroatoms. The first kappa shape index (κ1) is 11.0. The highest BCUT2D eigenvalue weighted by atomic mass is 35.5. The Hall–Kier alpha value is -1.88. The van der Waals surface area contributed by atoms with Crippen LogP contribution in [0.1, 0.15) is 11.1 Å². The van der Waals surface area contributed by atoms with Gasteiger partial charge in [0.15, 0.2) is 0 Å². The molecule has 0 saturated carbocycles. The summed E-state index contributed by atoms with van der Waals surface area (Å²) < 4.78 is 16.4. The summed E-state index contributed by atoms with van der Waals surface area (Å²) in [5.74, 6) is 1.83. The van der Waals surface area contributed by atoms with E-state index in [4.69, 9.17) is 31.3 Å². The van der Waals surface area contributed by atoms with Crippen molar-refractivity contribution in [2.24, 2.45) is 0 Å². The number of nitrogens with zero attached hydrogens (tertiary/aromatic N) is 1. The molecule has 0 saturated heterocycles. The molecule has 0 amide bonds. The van der Waals surface area contributed by atoms with Crippen LogP contribution in [0.4, 0.5) is 5.88 Å². The van der Waals surface area contributed by atoms with Crippen molar-refractivity contribution in [3.05, 3.63) is 22.2 Å². The smallest absolute Gasteiger partial charge is 0.222 e. The summed E-state index contributed by atoms with van der Waals surface area (Å²) in [4.78, 5) is 0. The first-order valence-electron chi connectivity index (χ1n) is 6.11. The van der Waals surface area contributed by atoms with Crippen molar-refractivity contribution in [1.82, 2.24) is 5.16 Å². The Balaban J connectivity index is 2.05. The Morgan fingerprint density at radius 3 is 2.58 bits per heavy atom. The molecule has 4 rings (SSSR count). The third-order valence-corrected chi connectivity index (χ3v) is 3.92. The summed E-state index contributed by atoms with van der Waals surface area (Å²) in [6, 6.07) is 1.70. The molecule has 0 atom stereocenters. The second kappa shape index (κ2) is 3.81. The lowest BCUT2D eigenvalue weighted by atomic mass is 9.97. The Labute approximate surface area is 114 Å². The number of fused-ring (bicyclic) bond motifs is 2. The maximum absolute atomic E-state index is 6.39. The SMILES string of the molecule is Nc1cc(-c2c3c(c(Cl)c4c2OCC4)OCC3)no1. The van der Waals surface area contributed by atoms with E-state index in [-0.39, 0.29) is 5.88 Å². The Bertz CT molecular complexity index is 646. The Morgan fingerprint density at radius 1 is 1.11 bits per heavy atom. The van der Waals surface area contributed by atoms with Gasteiger partial charge in [-0.3, -0.25) is 0 Å². The molecule has 5 nitrogen and oxygen atoms in total. The fourth-order valence-corrected chi connectivity index (χ4v) is 3.08. The third kappa shape index (κ3) is 1.45. The normalized spacial score (nSPS) is 15.8. The second-order valence-electron chi connectivity index (χ2n) is 4.62. The lowest BCUT2D eigenvalue weighted by Crippen LogP contribution is -1.93. The largest absolute Gasteiger partial charge is 0.492 e. The summed E-state index contributed by atoms with van der Waals surface area (Å²) in [6.07, 6.45) is 1.57. The second-order valence-corrected chi connectivity index (χ2v) is 4.99. The maximum Gasteiger partial charge on any atom is 0.222 e. The van der Waals surface area contributed by atoms with Crippen molar-refractivity contribution >= 4 is 17.5 Å². The molecule has 2 N–H and O–H groups in total. The number of anilines is 1. The molecule has 0 spiro atoms. The van der Waals surface area contributed by atoms with E-state index < -0.39 is 0 Å². The van der Waals surface area contributed by atoms with Gasteiger partial charge in [0.1, 0.15) is 17.2 Å². The average Bonchev–Trinajstić information content (AvgIpc) is 3.09. The van der Waals surface area contributed by atoms with Crippen LogP contribution in [-0.2, 0) is 12.8 Å². The summed E-state index contributed by atoms with van der Waals surface area (Å²) >= 11 is 6.39. The van der Waals surface area contributed by atoms with Gasteiger partial charge in [0.2, 0.25) is 5.88 Å². The van der Waals surface area contributed by atoms with E-state index in [0.717, 1.165) is 41.0 Å². The van der Waals surface area contributed by atoms with E-state index >= 15 is 0 Å². The van der Waals surface area contributed by atoms with Crippen molar-refractivity contribution in [2.75, 3.05) is 18.9 Å². The maximum atomic E-state index is 6.39. The van der Waals surface area contributed by atoms with Crippen LogP contribution in [0.5, 0.6) is 11.5 Å². The van der Waals surface area contributed by atoms with E-state index in [1.54, 1.807) is 6.07 Å². The van der Waals surface area contributed by atoms with Gasteiger partial charge in [0, 0.05) is 30.0 Å². The molecule has 0 bridgehead atoms. The molecule has 19 heavy (non-hydrogen) atoms. The molecule has 2 aliphatic heterocycles. The lowest BCUT2D eigenvalue weighted by molar-refractivity contribution is 0.356. The molecule has 0 radical (unpaired) electrons. The summed E-state index contributed by atoms with van der Waals surface area (Å²) in [6.45, 7) is 1.25. The number of nitrogens with two attached hydrogens (primary N) is 1. The molecular weight excluding hydrogens is 268 g/mol. The Morgan fingerprint density at radius 2 is 1.84 bits per heavy atom. The number of halogens is 1. The highest BCUT2D eigenvalue weighted by Gasteiger charge is 2.32. The fourth-order valence-electron chi connectivity index (χ4n) is 2.73. The topological polar surface area (TPSA) is 70.5 Å². The molecule has 3 heterocycles. The van der Waals surface area contributed by atoms with Crippen LogP contribution in [0.25, 0.3) is 11.3 Å². The molecule has 0 fully saturated rings. The minimum absolute atomic E-state index is 0.282. The molecule has 0 aliphatic carbocycles. The van der Waals surface area contributed by atoms with Crippen LogP contribution in [0.15, 0.2) is 10.6 Å². The van der Waals surface area contributed by atoms with E-state index in [0.29, 0.717) is 23.9 Å². The van der Waals surface area contributed by atoms with E-state index in [1.165, 1.54) is 0 Å². The molecule has 98 valence electrons. The van der Waals surface area contributed by atoms with E-state index in [1.807, 2.05) is 0 Å². The van der Waals surface area contributed by atoms with Crippen molar-refractivity contribution in [1.29, 1.82) is 0 Å². The summed E-state index contributed by atoms with van der Waals surface area (Å²) in [7, 11) is 0. The molecule has 2 aliphatic rings. The minimum atomic E-state index is 0.282. The zero-order chi connectivity index (χ0) is 13.0. The monoisotopic (exact) mass is 278 g/mol. The molecule has 1 aromatic carbocycles. The summed E-state index contributed by atoms with van der Waals surface area (Å²) in [5.41, 5.74) is 9.20. The van der Waals surface area contributed by atoms with Crippen LogP contribution < -0.4 is 15.2 Å². The van der Waals surface area contributed by atoms with Gasteiger partial charge >= 0.3 is 0 Å². The van der Waals surface area contributed by atoms with Crippen LogP contribution in [0.3, 0.4) is 0 Å². The van der Waals surface area contributed by atoms with E-state index in [9.17, 15) is 0 Å². The predicted octanol–water partition coefficient (Wildman–Crippen LogP) is 2.45. The quantitative estimate of drug-likeness (QED) is 0.867. The zero-order valence-corrected chi connectivity index (χ0v) is 10.8. The number of rotatable bonds is 1. The van der Waals surface area contributed by atoms with Gasteiger partial charge in [-0.25, -0.2) is 0 Å². The van der Waals surface area contributed by atoms with Gasteiger partial charge in [-0.15, -0.1) is 0 Å². The highest BCUT2D eigenvalue weighted by Crippen LogP contribution is 2.50. The van der Waals surface area contributed by atoms with E-state index in [2.05, 4.69) is 5.16 Å².